The summed E-state index contributed by atoms with van der Waals surface area (Å²) in [6.07, 6.45) is 1.69. The predicted molar refractivity (Wildman–Crippen MR) is 114 cm³/mol. The summed E-state index contributed by atoms with van der Waals surface area (Å²) in [4.78, 5) is 33.0. The van der Waals surface area contributed by atoms with E-state index in [4.69, 9.17) is 15.2 Å². The number of nitrogens with two attached hydrogens (primary N) is 1. The predicted octanol–water partition coefficient (Wildman–Crippen LogP) is 2.06. The summed E-state index contributed by atoms with van der Waals surface area (Å²) in [6, 6.07) is 3.29. The molecule has 0 radical (unpaired) electrons. The maximum atomic E-state index is 14.0. The summed E-state index contributed by atoms with van der Waals surface area (Å²) >= 11 is 0. The third kappa shape index (κ3) is 5.14. The molecule has 12 heteroatoms. The van der Waals surface area contributed by atoms with Crippen LogP contribution in [0.25, 0.3) is 0 Å². The first-order valence-electron chi connectivity index (χ1n) is 10.00. The van der Waals surface area contributed by atoms with Crippen molar-refractivity contribution in [2.45, 2.75) is 32.1 Å². The maximum Gasteiger partial charge on any atom is 0.339 e. The number of urea groups is 1. The Balaban J connectivity index is 1.64. The molecule has 2 unspecified atom stereocenters. The Bertz CT molecular complexity index is 991. The normalized spacial score (nSPS) is 17.6. The number of nitrogens with zero attached hydrogens (tertiary/aromatic N) is 3. The van der Waals surface area contributed by atoms with E-state index in [-0.39, 0.29) is 35.5 Å². The summed E-state index contributed by atoms with van der Waals surface area (Å²) in [5.74, 6) is -1.80. The Kier molecular flexibility index (Phi) is 7.25. The van der Waals surface area contributed by atoms with E-state index < -0.39 is 24.0 Å². The third-order valence-electron chi connectivity index (χ3n) is 4.89. The van der Waals surface area contributed by atoms with Gasteiger partial charge in [-0.05, 0) is 31.9 Å². The number of carbonyl (C=O) groups is 2. The van der Waals surface area contributed by atoms with E-state index in [9.17, 15) is 19.1 Å². The number of carboxylic acid groups (broad SMARTS) is 1. The lowest BCUT2D eigenvalue weighted by Crippen LogP contribution is -2.34. The number of hydrogen-bond acceptors (Lipinski definition) is 8. The van der Waals surface area contributed by atoms with E-state index in [1.165, 1.54) is 18.5 Å². The molecule has 1 aliphatic heterocycles. The number of amides is 2. The topological polar surface area (TPSA) is 152 Å². The van der Waals surface area contributed by atoms with Gasteiger partial charge in [0.05, 0.1) is 6.10 Å². The molecule has 32 heavy (non-hydrogen) atoms. The molecular formula is C20H25FN6O5. The summed E-state index contributed by atoms with van der Waals surface area (Å²) < 4.78 is 25.5. The molecule has 3 rings (SSSR count). The van der Waals surface area contributed by atoms with Gasteiger partial charge < -0.3 is 30.5 Å². The van der Waals surface area contributed by atoms with Crippen LogP contribution in [-0.2, 0) is 4.74 Å². The summed E-state index contributed by atoms with van der Waals surface area (Å²) in [7, 11) is 1.74. The second-order valence-corrected chi connectivity index (χ2v) is 7.08. The van der Waals surface area contributed by atoms with Gasteiger partial charge in [-0.2, -0.15) is 0 Å². The van der Waals surface area contributed by atoms with Crippen molar-refractivity contribution in [2.75, 3.05) is 36.1 Å². The van der Waals surface area contributed by atoms with E-state index in [0.717, 1.165) is 6.07 Å². The highest BCUT2D eigenvalue weighted by Gasteiger charge is 2.31. The number of hydrogen-bond donors (Lipinski definition) is 4. The SMILES string of the molecule is CCNC(=O)Nc1ncnc(N(C)C2CCC(COc3c(F)cccc3C(=O)O)O2)c1N. The van der Waals surface area contributed by atoms with Crippen LogP contribution in [0.15, 0.2) is 24.5 Å². The van der Waals surface area contributed by atoms with Crippen LogP contribution in [0.3, 0.4) is 0 Å². The molecule has 2 aromatic rings. The average molecular weight is 448 g/mol. The molecule has 1 aromatic heterocycles. The van der Waals surface area contributed by atoms with Gasteiger partial charge in [-0.25, -0.2) is 23.9 Å². The van der Waals surface area contributed by atoms with Crippen molar-refractivity contribution in [3.05, 3.63) is 35.9 Å². The maximum absolute atomic E-state index is 14.0. The van der Waals surface area contributed by atoms with Crippen molar-refractivity contribution in [3.8, 4) is 5.75 Å². The molecule has 1 aliphatic rings. The minimum absolute atomic E-state index is 0.0190. The molecule has 2 atom stereocenters. The minimum Gasteiger partial charge on any atom is -0.487 e. The highest BCUT2D eigenvalue weighted by atomic mass is 19.1. The van der Waals surface area contributed by atoms with Crippen LogP contribution in [0.5, 0.6) is 5.75 Å². The number of carboxylic acids is 1. The lowest BCUT2D eigenvalue weighted by molar-refractivity contribution is 0.0174. The molecule has 172 valence electrons. The second kappa shape index (κ2) is 10.1. The Morgan fingerprint density at radius 2 is 2.16 bits per heavy atom. The van der Waals surface area contributed by atoms with E-state index in [1.807, 2.05) is 0 Å². The molecule has 11 nitrogen and oxygen atoms in total. The standard InChI is InChI=1S/C20H25FN6O5/c1-3-23-20(30)26-17-15(22)18(25-10-24-17)27(2)14-8-7-11(32-14)9-31-16-12(19(28)29)5-4-6-13(16)21/h4-6,10-11,14H,3,7-9,22H2,1-2H3,(H,28,29)(H2,23,24,25,26,30). The molecule has 2 amide bonds. The van der Waals surface area contributed by atoms with Gasteiger partial charge in [-0.15, -0.1) is 0 Å². The highest BCUT2D eigenvalue weighted by molar-refractivity contribution is 5.93. The number of nitrogen functional groups attached to an aromatic ring is 1. The monoisotopic (exact) mass is 448 g/mol. The largest absolute Gasteiger partial charge is 0.487 e. The van der Waals surface area contributed by atoms with Gasteiger partial charge in [0.15, 0.2) is 23.2 Å². The van der Waals surface area contributed by atoms with Crippen molar-refractivity contribution in [3.63, 3.8) is 0 Å². The minimum atomic E-state index is -1.28. The molecule has 0 saturated carbocycles. The van der Waals surface area contributed by atoms with E-state index >= 15 is 0 Å². The lowest BCUT2D eigenvalue weighted by Gasteiger charge is -2.27. The number of aromatic nitrogens is 2. The van der Waals surface area contributed by atoms with Gasteiger partial charge in [-0.3, -0.25) is 5.32 Å². The summed E-state index contributed by atoms with van der Waals surface area (Å²) in [5, 5.41) is 14.4. The van der Waals surface area contributed by atoms with Gasteiger partial charge in [-0.1, -0.05) is 6.07 Å². The number of rotatable bonds is 8. The molecule has 5 N–H and O–H groups in total. The van der Waals surface area contributed by atoms with Crippen LogP contribution >= 0.6 is 0 Å². The average Bonchev–Trinajstić information content (AvgIpc) is 3.23. The van der Waals surface area contributed by atoms with Gasteiger partial charge in [0.2, 0.25) is 0 Å². The van der Waals surface area contributed by atoms with Gasteiger partial charge in [0.25, 0.3) is 0 Å². The molecule has 1 saturated heterocycles. The zero-order chi connectivity index (χ0) is 23.3. The van der Waals surface area contributed by atoms with Crippen LogP contribution in [0.4, 0.5) is 26.5 Å². The quantitative estimate of drug-likeness (QED) is 0.475. The Hall–Kier alpha value is -3.67. The molecule has 0 bridgehead atoms. The summed E-state index contributed by atoms with van der Waals surface area (Å²) in [6.45, 7) is 2.22. The summed E-state index contributed by atoms with van der Waals surface area (Å²) in [5.41, 5.74) is 6.07. The number of para-hydroxylation sites is 1. The van der Waals surface area contributed by atoms with Crippen LogP contribution in [0.1, 0.15) is 30.1 Å². The van der Waals surface area contributed by atoms with Crippen LogP contribution in [0, 0.1) is 5.82 Å². The second-order valence-electron chi connectivity index (χ2n) is 7.08. The van der Waals surface area contributed by atoms with Crippen LogP contribution in [-0.4, -0.2) is 59.6 Å². The fraction of sp³-hybridized carbons (Fsp3) is 0.400. The fourth-order valence-electron chi connectivity index (χ4n) is 3.31. The Morgan fingerprint density at radius 3 is 2.88 bits per heavy atom. The number of halogens is 1. The van der Waals surface area contributed by atoms with Crippen molar-refractivity contribution in [1.82, 2.24) is 15.3 Å². The smallest absolute Gasteiger partial charge is 0.339 e. The zero-order valence-electron chi connectivity index (χ0n) is 17.7. The van der Waals surface area contributed by atoms with E-state index in [0.29, 0.717) is 25.2 Å². The van der Waals surface area contributed by atoms with E-state index in [2.05, 4.69) is 20.6 Å². The molecule has 1 aromatic carbocycles. The van der Waals surface area contributed by atoms with Crippen molar-refractivity contribution in [1.29, 1.82) is 0 Å². The van der Waals surface area contributed by atoms with Crippen molar-refractivity contribution >= 4 is 29.3 Å². The van der Waals surface area contributed by atoms with Crippen LogP contribution in [0.2, 0.25) is 0 Å². The van der Waals surface area contributed by atoms with Gasteiger partial charge in [0.1, 0.15) is 30.4 Å². The van der Waals surface area contributed by atoms with E-state index in [1.54, 1.807) is 18.9 Å². The number of ether oxygens (including phenoxy) is 2. The molecule has 2 heterocycles. The zero-order valence-corrected chi connectivity index (χ0v) is 17.7. The molecular weight excluding hydrogens is 423 g/mol. The molecule has 1 fully saturated rings. The number of benzene rings is 1. The number of anilines is 3. The highest BCUT2D eigenvalue weighted by Crippen LogP contribution is 2.31. The Labute approximate surface area is 183 Å². The number of carbonyl (C=O) groups excluding carboxylic acids is 1. The first-order valence-corrected chi connectivity index (χ1v) is 10.00. The van der Waals surface area contributed by atoms with Crippen molar-refractivity contribution < 1.29 is 28.6 Å². The first-order chi connectivity index (χ1) is 15.3. The number of nitrogens with one attached hydrogen (secondary N) is 2. The fourth-order valence-corrected chi connectivity index (χ4v) is 3.31. The van der Waals surface area contributed by atoms with Gasteiger partial charge in [0, 0.05) is 13.6 Å². The molecule has 0 aliphatic carbocycles. The third-order valence-corrected chi connectivity index (χ3v) is 4.89. The first kappa shape index (κ1) is 23.0. The van der Waals surface area contributed by atoms with Crippen LogP contribution < -0.4 is 26.0 Å². The number of aromatic carboxylic acids is 1. The van der Waals surface area contributed by atoms with Gasteiger partial charge >= 0.3 is 12.0 Å². The lowest BCUT2D eigenvalue weighted by atomic mass is 10.2. The Morgan fingerprint density at radius 1 is 1.38 bits per heavy atom. The van der Waals surface area contributed by atoms with Crippen molar-refractivity contribution in [2.24, 2.45) is 0 Å². The molecule has 0 spiro atoms.